The van der Waals surface area contributed by atoms with Gasteiger partial charge in [-0.05, 0) is 53.3 Å². The molecule has 5 heteroatoms. The van der Waals surface area contributed by atoms with Gasteiger partial charge in [-0.25, -0.2) is 0 Å². The second-order valence-electron chi connectivity index (χ2n) is 6.30. The van der Waals surface area contributed by atoms with Gasteiger partial charge < -0.3 is 5.32 Å². The molecule has 0 aliphatic heterocycles. The van der Waals surface area contributed by atoms with Crippen molar-refractivity contribution >= 4 is 33.8 Å². The van der Waals surface area contributed by atoms with E-state index in [1.165, 1.54) is 15.8 Å². The van der Waals surface area contributed by atoms with E-state index in [0.29, 0.717) is 6.42 Å². The first-order valence-electron chi connectivity index (χ1n) is 8.52. The average Bonchev–Trinajstić information content (AvgIpc) is 3.07. The summed E-state index contributed by atoms with van der Waals surface area (Å²) in [5, 5.41) is 9.93. The monoisotopic (exact) mass is 371 g/mol. The van der Waals surface area contributed by atoms with Crippen LogP contribution in [0.15, 0.2) is 60.1 Å². The highest BCUT2D eigenvalue weighted by molar-refractivity contribution is 7.10. The molecule has 0 saturated carbocycles. The minimum Gasteiger partial charge on any atom is -0.326 e. The van der Waals surface area contributed by atoms with Gasteiger partial charge in [-0.1, -0.05) is 30.7 Å². The summed E-state index contributed by atoms with van der Waals surface area (Å²) in [6.45, 7) is 1.94. The Kier molecular flexibility index (Phi) is 4.49. The Bertz CT molecular complexity index is 1150. The highest BCUT2D eigenvalue weighted by Gasteiger charge is 2.10. The van der Waals surface area contributed by atoms with Gasteiger partial charge in [0.15, 0.2) is 0 Å². The minimum absolute atomic E-state index is 0.0239. The molecule has 0 radical (unpaired) electrons. The highest BCUT2D eigenvalue weighted by atomic mass is 32.1. The van der Waals surface area contributed by atoms with E-state index >= 15 is 0 Å². The fourth-order valence-corrected chi connectivity index (χ4v) is 3.56. The molecule has 0 bridgehead atoms. The molecule has 132 valence electrons. The van der Waals surface area contributed by atoms with Crippen molar-refractivity contribution in [2.24, 2.45) is 0 Å². The summed E-state index contributed by atoms with van der Waals surface area (Å²) < 4.78 is 1.49. The Balaban J connectivity index is 0.000000250. The molecule has 2 aromatic heterocycles. The third-order valence-electron chi connectivity index (χ3n) is 4.34. The molecular formula is C22H17N3OS. The number of benzene rings is 2. The van der Waals surface area contributed by atoms with Crippen LogP contribution in [0.4, 0.5) is 5.69 Å². The Morgan fingerprint density at radius 3 is 2.63 bits per heavy atom. The van der Waals surface area contributed by atoms with Gasteiger partial charge in [0, 0.05) is 22.0 Å². The summed E-state index contributed by atoms with van der Waals surface area (Å²) >= 11 is 1.58. The van der Waals surface area contributed by atoms with Crippen molar-refractivity contribution in [3.8, 4) is 23.6 Å². The van der Waals surface area contributed by atoms with E-state index in [2.05, 4.69) is 40.7 Å². The van der Waals surface area contributed by atoms with Gasteiger partial charge in [0.25, 0.3) is 0 Å². The number of nitrogens with one attached hydrogen (secondary N) is 1. The van der Waals surface area contributed by atoms with E-state index in [9.17, 15) is 4.79 Å². The van der Waals surface area contributed by atoms with Gasteiger partial charge in [0.05, 0.1) is 18.1 Å². The number of terminal acetylenes is 1. The molecule has 1 N–H and O–H groups in total. The van der Waals surface area contributed by atoms with E-state index < -0.39 is 0 Å². The average molecular weight is 371 g/mol. The number of aryl methyl sites for hydroxylation is 1. The van der Waals surface area contributed by atoms with Crippen LogP contribution in [0.25, 0.3) is 22.0 Å². The Morgan fingerprint density at radius 2 is 2.04 bits per heavy atom. The predicted octanol–water partition coefficient (Wildman–Crippen LogP) is 4.69. The van der Waals surface area contributed by atoms with Crippen molar-refractivity contribution in [2.45, 2.75) is 13.3 Å². The molecule has 4 nitrogen and oxygen atoms in total. The largest absolute Gasteiger partial charge is 0.326 e. The summed E-state index contributed by atoms with van der Waals surface area (Å²) in [4.78, 5) is 13.1. The lowest BCUT2D eigenvalue weighted by molar-refractivity contribution is -0.115. The maximum atomic E-state index is 12.1. The standard InChI is InChI=1S/C16H13N3OS.C6H4/c1-3-19-15-7-11(2)14(8-12(15)10-17-19)18-16(20)9-13-5-4-6-21-13;1-2-5-4-6(5)3-1/h1,4-8,10H,9H2,2H3,(H,18,20);1-4H. The summed E-state index contributed by atoms with van der Waals surface area (Å²) in [6, 6.07) is 18.7. The van der Waals surface area contributed by atoms with Crippen LogP contribution < -0.4 is 5.32 Å². The second kappa shape index (κ2) is 7.10. The summed E-state index contributed by atoms with van der Waals surface area (Å²) in [6.07, 6.45) is 7.47. The molecule has 1 amide bonds. The van der Waals surface area contributed by atoms with E-state index in [4.69, 9.17) is 6.42 Å². The number of carbonyl (C=O) groups excluding carboxylic acids is 1. The van der Waals surface area contributed by atoms with Crippen molar-refractivity contribution in [1.82, 2.24) is 9.78 Å². The maximum Gasteiger partial charge on any atom is 0.229 e. The molecule has 2 aliphatic rings. The zero-order valence-electron chi connectivity index (χ0n) is 14.8. The number of thiophene rings is 1. The van der Waals surface area contributed by atoms with Crippen LogP contribution >= 0.6 is 11.3 Å². The number of rotatable bonds is 3. The summed E-state index contributed by atoms with van der Waals surface area (Å²) in [7, 11) is 0. The molecule has 0 spiro atoms. The Labute approximate surface area is 161 Å². The molecule has 1 aromatic carbocycles. The smallest absolute Gasteiger partial charge is 0.229 e. The van der Waals surface area contributed by atoms with E-state index in [1.54, 1.807) is 17.5 Å². The molecule has 5 rings (SSSR count). The van der Waals surface area contributed by atoms with Crippen LogP contribution in [0.1, 0.15) is 10.4 Å². The molecule has 2 heterocycles. The fraction of sp³-hybridized carbons (Fsp3) is 0.0909. The number of hydrogen-bond donors (Lipinski definition) is 1. The first kappa shape index (κ1) is 17.1. The fourth-order valence-electron chi connectivity index (χ4n) is 2.86. The number of aromatic nitrogens is 2. The quantitative estimate of drug-likeness (QED) is 0.468. The third kappa shape index (κ3) is 3.76. The summed E-state index contributed by atoms with van der Waals surface area (Å²) in [5.74, 6) is -0.0239. The zero-order valence-corrected chi connectivity index (χ0v) is 15.6. The number of nitrogens with zero attached hydrogens (tertiary/aromatic N) is 2. The van der Waals surface area contributed by atoms with Gasteiger partial charge in [-0.15, -0.1) is 11.3 Å². The van der Waals surface area contributed by atoms with Crippen LogP contribution in [0.5, 0.6) is 0 Å². The molecule has 0 fully saturated rings. The van der Waals surface area contributed by atoms with Gasteiger partial charge >= 0.3 is 0 Å². The van der Waals surface area contributed by atoms with Crippen molar-refractivity contribution in [3.05, 3.63) is 70.5 Å². The molecule has 2 aliphatic carbocycles. The molecule has 0 atom stereocenters. The first-order valence-corrected chi connectivity index (χ1v) is 9.39. The maximum absolute atomic E-state index is 12.1. The number of fused-ring (bicyclic) bond motifs is 2. The van der Waals surface area contributed by atoms with Crippen molar-refractivity contribution < 1.29 is 4.79 Å². The van der Waals surface area contributed by atoms with Crippen molar-refractivity contribution in [1.29, 1.82) is 0 Å². The number of anilines is 1. The van der Waals surface area contributed by atoms with Gasteiger partial charge in [0.1, 0.15) is 0 Å². The predicted molar refractivity (Wildman–Crippen MR) is 111 cm³/mol. The first-order chi connectivity index (χ1) is 13.1. The lowest BCUT2D eigenvalue weighted by Gasteiger charge is -2.08. The lowest BCUT2D eigenvalue weighted by atomic mass is 10.1. The van der Waals surface area contributed by atoms with Crippen LogP contribution in [0, 0.1) is 19.4 Å². The van der Waals surface area contributed by atoms with E-state index in [0.717, 1.165) is 27.0 Å². The van der Waals surface area contributed by atoms with Crippen LogP contribution in [0.2, 0.25) is 0 Å². The van der Waals surface area contributed by atoms with Crippen LogP contribution in [-0.4, -0.2) is 15.7 Å². The highest BCUT2D eigenvalue weighted by Crippen LogP contribution is 2.32. The van der Waals surface area contributed by atoms with E-state index in [1.807, 2.05) is 36.6 Å². The van der Waals surface area contributed by atoms with Crippen molar-refractivity contribution in [2.75, 3.05) is 5.32 Å². The lowest BCUT2D eigenvalue weighted by Crippen LogP contribution is -2.14. The Morgan fingerprint density at radius 1 is 1.22 bits per heavy atom. The van der Waals surface area contributed by atoms with Gasteiger partial charge in [-0.2, -0.15) is 9.78 Å². The molecular weight excluding hydrogens is 354 g/mol. The van der Waals surface area contributed by atoms with Crippen molar-refractivity contribution in [3.63, 3.8) is 0 Å². The molecule has 0 saturated heterocycles. The normalized spacial score (nSPS) is 10.7. The zero-order chi connectivity index (χ0) is 18.8. The number of carbonyl (C=O) groups is 1. The second-order valence-corrected chi connectivity index (χ2v) is 7.33. The molecule has 27 heavy (non-hydrogen) atoms. The van der Waals surface area contributed by atoms with Gasteiger partial charge in [-0.3, -0.25) is 4.79 Å². The number of hydrogen-bond acceptors (Lipinski definition) is 3. The third-order valence-corrected chi connectivity index (χ3v) is 5.21. The SMILES string of the molecule is C#Cn1ncc2cc(NC(=O)Cc3cccs3)c(C)cc21.c1cc2cc-2c1. The van der Waals surface area contributed by atoms with Crippen LogP contribution in [0.3, 0.4) is 0 Å². The van der Waals surface area contributed by atoms with Crippen LogP contribution in [-0.2, 0) is 11.2 Å². The molecule has 0 unspecified atom stereocenters. The topological polar surface area (TPSA) is 46.9 Å². The Hall–Kier alpha value is -3.36. The van der Waals surface area contributed by atoms with E-state index in [-0.39, 0.29) is 5.91 Å². The van der Waals surface area contributed by atoms with Gasteiger partial charge in [0.2, 0.25) is 5.91 Å². The minimum atomic E-state index is -0.0239. The molecule has 3 aromatic rings. The number of amides is 1. The summed E-state index contributed by atoms with van der Waals surface area (Å²) in [5.41, 5.74) is 5.47.